The maximum atomic E-state index is 13.0. The van der Waals surface area contributed by atoms with Gasteiger partial charge in [-0.15, -0.1) is 0 Å². The molecule has 130 valence electrons. The molecular weight excluding hydrogens is 363 g/mol. The second-order valence-electron chi connectivity index (χ2n) is 5.92. The van der Waals surface area contributed by atoms with Gasteiger partial charge in [-0.3, -0.25) is 9.69 Å². The Bertz CT molecular complexity index is 856. The van der Waals surface area contributed by atoms with Crippen molar-refractivity contribution in [3.8, 4) is 5.75 Å². The predicted octanol–water partition coefficient (Wildman–Crippen LogP) is 3.97. The Morgan fingerprint density at radius 3 is 2.60 bits per heavy atom. The molecule has 2 aromatic rings. The van der Waals surface area contributed by atoms with Crippen LogP contribution in [-0.2, 0) is 16.9 Å². The SMILES string of the molecule is COc1cccc(CN2C(=O)N[C@@](C)(c3ccc(Cl)cc3Cl)C2=O)c1. The molecule has 1 fully saturated rings. The van der Waals surface area contributed by atoms with Crippen LogP contribution >= 0.6 is 23.2 Å². The van der Waals surface area contributed by atoms with Gasteiger partial charge in [0.05, 0.1) is 13.7 Å². The third-order valence-corrected chi connectivity index (χ3v) is 4.77. The molecule has 0 unspecified atom stereocenters. The van der Waals surface area contributed by atoms with Gasteiger partial charge in [0.25, 0.3) is 5.91 Å². The lowest BCUT2D eigenvalue weighted by atomic mass is 9.92. The van der Waals surface area contributed by atoms with E-state index in [0.717, 1.165) is 5.56 Å². The van der Waals surface area contributed by atoms with Gasteiger partial charge in [-0.25, -0.2) is 4.79 Å². The number of hydrogen-bond acceptors (Lipinski definition) is 3. The molecule has 0 radical (unpaired) electrons. The molecule has 7 heteroatoms. The van der Waals surface area contributed by atoms with Crippen LogP contribution in [-0.4, -0.2) is 23.9 Å². The van der Waals surface area contributed by atoms with Crippen LogP contribution in [0.1, 0.15) is 18.1 Å². The highest BCUT2D eigenvalue weighted by Crippen LogP contribution is 2.35. The van der Waals surface area contributed by atoms with Crippen LogP contribution in [0.4, 0.5) is 4.79 Å². The molecular formula is C18H16Cl2N2O3. The summed E-state index contributed by atoms with van der Waals surface area (Å²) in [5, 5.41) is 3.52. The van der Waals surface area contributed by atoms with Gasteiger partial charge in [0.15, 0.2) is 0 Å². The summed E-state index contributed by atoms with van der Waals surface area (Å²) in [6.07, 6.45) is 0. The van der Waals surface area contributed by atoms with Gasteiger partial charge < -0.3 is 10.1 Å². The Labute approximate surface area is 155 Å². The largest absolute Gasteiger partial charge is 0.497 e. The van der Waals surface area contributed by atoms with E-state index in [1.54, 1.807) is 44.4 Å². The Balaban J connectivity index is 1.91. The molecule has 3 amide bonds. The Kier molecular flexibility index (Phi) is 4.62. The number of urea groups is 1. The van der Waals surface area contributed by atoms with Crippen molar-refractivity contribution in [1.29, 1.82) is 0 Å². The average Bonchev–Trinajstić information content (AvgIpc) is 2.79. The number of amides is 3. The van der Waals surface area contributed by atoms with Gasteiger partial charge >= 0.3 is 6.03 Å². The first-order valence-corrected chi connectivity index (χ1v) is 8.33. The zero-order valence-corrected chi connectivity index (χ0v) is 15.2. The number of rotatable bonds is 4. The first-order chi connectivity index (χ1) is 11.8. The standard InChI is InChI=1S/C18H16Cl2N2O3/c1-18(14-7-6-12(19)9-15(14)20)16(23)22(17(24)21-18)10-11-4-3-5-13(8-11)25-2/h3-9H,10H2,1-2H3,(H,21,24)/t18-/m0/s1. The van der Waals surface area contributed by atoms with Crippen LogP contribution in [0.15, 0.2) is 42.5 Å². The van der Waals surface area contributed by atoms with Crippen molar-refractivity contribution in [2.75, 3.05) is 7.11 Å². The highest BCUT2D eigenvalue weighted by Gasteiger charge is 2.49. The molecule has 3 rings (SSSR count). The Morgan fingerprint density at radius 1 is 1.16 bits per heavy atom. The Hall–Kier alpha value is -2.24. The van der Waals surface area contributed by atoms with Crippen LogP contribution in [0.5, 0.6) is 5.75 Å². The van der Waals surface area contributed by atoms with E-state index in [0.29, 0.717) is 21.4 Å². The van der Waals surface area contributed by atoms with Gasteiger partial charge in [-0.05, 0) is 36.8 Å². The summed E-state index contributed by atoms with van der Waals surface area (Å²) in [5.41, 5.74) is 0.0526. The van der Waals surface area contributed by atoms with Gasteiger partial charge in [-0.2, -0.15) is 0 Å². The molecule has 1 aliphatic heterocycles. The number of imide groups is 1. The lowest BCUT2D eigenvalue weighted by Gasteiger charge is -2.23. The third kappa shape index (κ3) is 3.17. The summed E-state index contributed by atoms with van der Waals surface area (Å²) in [5.74, 6) is 0.289. The first kappa shape index (κ1) is 17.6. The van der Waals surface area contributed by atoms with Gasteiger partial charge in [0, 0.05) is 15.6 Å². The summed E-state index contributed by atoms with van der Waals surface area (Å²) in [7, 11) is 1.56. The fourth-order valence-corrected chi connectivity index (χ4v) is 3.47. The second kappa shape index (κ2) is 6.58. The zero-order chi connectivity index (χ0) is 18.2. The minimum absolute atomic E-state index is 0.142. The predicted molar refractivity (Wildman–Crippen MR) is 95.9 cm³/mol. The van der Waals surface area contributed by atoms with Gasteiger partial charge in [0.1, 0.15) is 11.3 Å². The molecule has 0 bridgehead atoms. The molecule has 2 aromatic carbocycles. The molecule has 25 heavy (non-hydrogen) atoms. The second-order valence-corrected chi connectivity index (χ2v) is 6.77. The number of halogens is 2. The van der Waals surface area contributed by atoms with Crippen molar-refractivity contribution < 1.29 is 14.3 Å². The number of carbonyl (C=O) groups excluding carboxylic acids is 2. The van der Waals surface area contributed by atoms with Crippen LogP contribution < -0.4 is 10.1 Å². The smallest absolute Gasteiger partial charge is 0.325 e. The van der Waals surface area contributed by atoms with Crippen LogP contribution in [0, 0.1) is 0 Å². The quantitative estimate of drug-likeness (QED) is 0.818. The molecule has 1 N–H and O–H groups in total. The van der Waals surface area contributed by atoms with Crippen molar-refractivity contribution in [2.45, 2.75) is 19.0 Å². The minimum Gasteiger partial charge on any atom is -0.497 e. The summed E-state index contributed by atoms with van der Waals surface area (Å²) in [6.45, 7) is 1.77. The number of benzene rings is 2. The van der Waals surface area contributed by atoms with Crippen molar-refractivity contribution in [2.24, 2.45) is 0 Å². The monoisotopic (exact) mass is 378 g/mol. The van der Waals surface area contributed by atoms with E-state index >= 15 is 0 Å². The highest BCUT2D eigenvalue weighted by molar-refractivity contribution is 6.35. The lowest BCUT2D eigenvalue weighted by Crippen LogP contribution is -2.41. The number of nitrogens with one attached hydrogen (secondary N) is 1. The van der Waals surface area contributed by atoms with Crippen LogP contribution in [0.2, 0.25) is 10.0 Å². The van der Waals surface area contributed by atoms with E-state index in [-0.39, 0.29) is 12.5 Å². The topological polar surface area (TPSA) is 58.6 Å². The number of carbonyl (C=O) groups is 2. The van der Waals surface area contributed by atoms with Crippen LogP contribution in [0.25, 0.3) is 0 Å². The molecule has 1 saturated heterocycles. The van der Waals surface area contributed by atoms with Crippen molar-refractivity contribution >= 4 is 35.1 Å². The molecule has 1 atom stereocenters. The minimum atomic E-state index is -1.24. The fourth-order valence-electron chi connectivity index (χ4n) is 2.87. The molecule has 0 aromatic heterocycles. The van der Waals surface area contributed by atoms with Crippen molar-refractivity contribution in [3.05, 3.63) is 63.6 Å². The van der Waals surface area contributed by atoms with Crippen LogP contribution in [0.3, 0.4) is 0 Å². The Morgan fingerprint density at radius 2 is 1.92 bits per heavy atom. The first-order valence-electron chi connectivity index (χ1n) is 7.57. The maximum Gasteiger partial charge on any atom is 0.325 e. The van der Waals surface area contributed by atoms with Gasteiger partial charge in [0.2, 0.25) is 0 Å². The molecule has 0 saturated carbocycles. The maximum absolute atomic E-state index is 13.0. The van der Waals surface area contributed by atoms with E-state index in [2.05, 4.69) is 5.32 Å². The summed E-state index contributed by atoms with van der Waals surface area (Å²) >= 11 is 12.2. The van der Waals surface area contributed by atoms with Crippen molar-refractivity contribution in [1.82, 2.24) is 10.2 Å². The number of methoxy groups -OCH3 is 1. The van der Waals surface area contributed by atoms with Gasteiger partial charge in [-0.1, -0.05) is 41.4 Å². The lowest BCUT2D eigenvalue weighted by molar-refractivity contribution is -0.131. The molecule has 1 aliphatic rings. The van der Waals surface area contributed by atoms with Crippen molar-refractivity contribution in [3.63, 3.8) is 0 Å². The normalized spacial score (nSPS) is 19.9. The van der Waals surface area contributed by atoms with E-state index in [9.17, 15) is 9.59 Å². The van der Waals surface area contributed by atoms with E-state index < -0.39 is 11.6 Å². The fraction of sp³-hybridized carbons (Fsp3) is 0.222. The zero-order valence-electron chi connectivity index (χ0n) is 13.7. The van der Waals surface area contributed by atoms with E-state index in [1.807, 2.05) is 12.1 Å². The number of nitrogens with zero attached hydrogens (tertiary/aromatic N) is 1. The highest BCUT2D eigenvalue weighted by atomic mass is 35.5. The summed E-state index contributed by atoms with van der Waals surface area (Å²) < 4.78 is 5.18. The molecule has 5 nitrogen and oxygen atoms in total. The van der Waals surface area contributed by atoms with E-state index in [4.69, 9.17) is 27.9 Å². The molecule has 0 spiro atoms. The third-order valence-electron chi connectivity index (χ3n) is 4.22. The molecule has 1 heterocycles. The summed E-state index contributed by atoms with van der Waals surface area (Å²) in [4.78, 5) is 26.5. The number of ether oxygens (including phenoxy) is 1. The molecule has 0 aliphatic carbocycles. The average molecular weight is 379 g/mol. The van der Waals surface area contributed by atoms with E-state index in [1.165, 1.54) is 4.90 Å². The number of hydrogen-bond donors (Lipinski definition) is 1. The summed E-state index contributed by atoms with van der Waals surface area (Å²) in [6, 6.07) is 11.6.